The van der Waals surface area contributed by atoms with Crippen LogP contribution in [0.15, 0.2) is 40.6 Å². The van der Waals surface area contributed by atoms with Crippen molar-refractivity contribution in [3.63, 3.8) is 0 Å². The summed E-state index contributed by atoms with van der Waals surface area (Å²) in [4.78, 5) is 19.2. The zero-order valence-corrected chi connectivity index (χ0v) is 27.2. The van der Waals surface area contributed by atoms with Crippen LogP contribution in [0.25, 0.3) is 10.4 Å². The van der Waals surface area contributed by atoms with Gasteiger partial charge in [0.05, 0.1) is 11.4 Å². The lowest BCUT2D eigenvalue weighted by molar-refractivity contribution is -0.150. The van der Waals surface area contributed by atoms with Crippen LogP contribution >= 0.6 is 22.9 Å². The molecule has 1 aliphatic heterocycles. The first-order valence-corrected chi connectivity index (χ1v) is 18.0. The van der Waals surface area contributed by atoms with E-state index in [0.717, 1.165) is 29.8 Å². The monoisotopic (exact) mass is 671 g/mol. The Morgan fingerprint density at radius 2 is 1.68 bits per heavy atom. The molecule has 13 nitrogen and oxygen atoms in total. The Morgan fingerprint density at radius 3 is 2.27 bits per heavy atom. The van der Waals surface area contributed by atoms with Gasteiger partial charge in [-0.25, -0.2) is 27.0 Å². The van der Waals surface area contributed by atoms with Crippen molar-refractivity contribution in [1.29, 1.82) is 0 Å². The number of amides is 1. The molecule has 1 atom stereocenters. The van der Waals surface area contributed by atoms with Gasteiger partial charge in [-0.2, -0.15) is 21.3 Å². The minimum absolute atomic E-state index is 0.0219. The van der Waals surface area contributed by atoms with Crippen LogP contribution in [0.2, 0.25) is 5.02 Å². The quantitative estimate of drug-likeness (QED) is 0.338. The number of nitrogens with one attached hydrogen (secondary N) is 2. The first-order chi connectivity index (χ1) is 18.8. The maximum atomic E-state index is 13.7. The average molecular weight is 672 g/mol. The Hall–Kier alpha value is -1.67. The van der Waals surface area contributed by atoms with Gasteiger partial charge < -0.3 is 0 Å². The van der Waals surface area contributed by atoms with E-state index in [1.54, 1.807) is 51.1 Å². The number of thiophene rings is 1. The van der Waals surface area contributed by atoms with Gasteiger partial charge in [0.2, 0.25) is 10.0 Å². The molecule has 0 radical (unpaired) electrons. The maximum Gasteiger partial charge on any atom is 0.278 e. The topological polar surface area (TPSA) is 162 Å². The molecular formula is C23H34ClN5O8S4. The molecule has 1 aromatic carbocycles. The van der Waals surface area contributed by atoms with Crippen molar-refractivity contribution < 1.29 is 34.9 Å². The van der Waals surface area contributed by atoms with E-state index in [0.29, 0.717) is 9.90 Å². The minimum Gasteiger partial charge on any atom is -0.271 e. The van der Waals surface area contributed by atoms with Crippen LogP contribution in [0.4, 0.5) is 0 Å². The number of hydrogen-bond acceptors (Lipinski definition) is 9. The molecule has 2 N–H and O–H groups in total. The van der Waals surface area contributed by atoms with Crippen LogP contribution in [0, 0.1) is 0 Å². The number of piperazine rings is 1. The van der Waals surface area contributed by atoms with E-state index in [9.17, 15) is 30.0 Å². The molecule has 1 saturated heterocycles. The van der Waals surface area contributed by atoms with E-state index >= 15 is 0 Å². The van der Waals surface area contributed by atoms with E-state index in [-0.39, 0.29) is 17.3 Å². The first-order valence-electron chi connectivity index (χ1n) is 12.3. The molecule has 0 bridgehead atoms. The smallest absolute Gasteiger partial charge is 0.271 e. The number of sulfonamides is 2. The summed E-state index contributed by atoms with van der Waals surface area (Å²) in [6.07, 6.45) is 0. The van der Waals surface area contributed by atoms with Crippen molar-refractivity contribution in [3.05, 3.63) is 41.4 Å². The van der Waals surface area contributed by atoms with Crippen LogP contribution in [-0.4, -0.2) is 102 Å². The molecule has 0 saturated carbocycles. The molecule has 18 heteroatoms. The fraction of sp³-hybridized carbons (Fsp3) is 0.522. The van der Waals surface area contributed by atoms with Gasteiger partial charge in [0.25, 0.3) is 26.1 Å². The Bertz CT molecular complexity index is 1550. The Balaban J connectivity index is 1.86. The summed E-state index contributed by atoms with van der Waals surface area (Å²) in [6, 6.07) is 8.51. The van der Waals surface area contributed by atoms with E-state index in [1.165, 1.54) is 20.2 Å². The third-order valence-corrected chi connectivity index (χ3v) is 13.0. The van der Waals surface area contributed by atoms with Gasteiger partial charge in [0.15, 0.2) is 0 Å². The molecule has 1 fully saturated rings. The summed E-state index contributed by atoms with van der Waals surface area (Å²) in [6.45, 7) is 3.59. The molecule has 3 rings (SSSR count). The summed E-state index contributed by atoms with van der Waals surface area (Å²) in [5, 5.41) is 0.535. The van der Waals surface area contributed by atoms with E-state index in [2.05, 4.69) is 10.2 Å². The van der Waals surface area contributed by atoms with Crippen LogP contribution in [-0.2, 0) is 39.9 Å². The largest absolute Gasteiger partial charge is 0.278 e. The third-order valence-electron chi connectivity index (χ3n) is 5.85. The van der Waals surface area contributed by atoms with E-state index in [1.807, 2.05) is 0 Å². The average Bonchev–Trinajstić information content (AvgIpc) is 3.38. The summed E-state index contributed by atoms with van der Waals surface area (Å²) >= 11 is 6.97. The maximum absolute atomic E-state index is 13.7. The molecule has 1 amide bonds. The summed E-state index contributed by atoms with van der Waals surface area (Å²) in [5.74, 6) is -1.43. The number of rotatable bonds is 11. The normalized spacial score (nSPS) is 18.1. The van der Waals surface area contributed by atoms with Crippen LogP contribution in [0.5, 0.6) is 0 Å². The fourth-order valence-electron chi connectivity index (χ4n) is 3.67. The molecule has 1 aromatic heterocycles. The van der Waals surface area contributed by atoms with Crippen molar-refractivity contribution in [1.82, 2.24) is 23.1 Å². The van der Waals surface area contributed by atoms with Crippen molar-refractivity contribution in [2.75, 3.05) is 46.0 Å². The predicted octanol–water partition coefficient (Wildman–Crippen LogP) is 1.32. The number of benzene rings is 1. The molecule has 230 valence electrons. The molecule has 2 heterocycles. The zero-order chi connectivity index (χ0) is 30.8. The van der Waals surface area contributed by atoms with Gasteiger partial charge in [-0.1, -0.05) is 23.7 Å². The summed E-state index contributed by atoms with van der Waals surface area (Å²) in [5.41, 5.74) is 2.21. The van der Waals surface area contributed by atoms with Crippen LogP contribution < -0.4 is 10.2 Å². The Kier molecular flexibility index (Phi) is 10.6. The predicted molar refractivity (Wildman–Crippen MR) is 157 cm³/mol. The SMILES string of the molecule is CN(C)S(=O)(=O)NCCS(=O)(=O)N1CCN(S(=O)(=O)c2ccc(-c3ccc(Cl)cc3)s2)[C@@H](C(=O)NOC(C)(C)C)C1. The second-order valence-electron chi connectivity index (χ2n) is 10.3. The van der Waals surface area contributed by atoms with Gasteiger partial charge in [0.1, 0.15) is 10.3 Å². The molecule has 1 aliphatic rings. The van der Waals surface area contributed by atoms with Crippen molar-refractivity contribution >= 4 is 59.1 Å². The zero-order valence-electron chi connectivity index (χ0n) is 23.2. The van der Waals surface area contributed by atoms with E-state index in [4.69, 9.17) is 16.4 Å². The number of hydrogen-bond donors (Lipinski definition) is 2. The van der Waals surface area contributed by atoms with Crippen molar-refractivity contribution in [2.24, 2.45) is 0 Å². The van der Waals surface area contributed by atoms with Crippen LogP contribution in [0.3, 0.4) is 0 Å². The number of nitrogens with zero attached hydrogens (tertiary/aromatic N) is 3. The highest BCUT2D eigenvalue weighted by atomic mass is 35.5. The fourth-order valence-corrected chi connectivity index (χ4v) is 8.90. The molecule has 0 aliphatic carbocycles. The van der Waals surface area contributed by atoms with Gasteiger partial charge in [0, 0.05) is 50.2 Å². The summed E-state index contributed by atoms with van der Waals surface area (Å²) < 4.78 is 82.5. The highest BCUT2D eigenvalue weighted by Gasteiger charge is 2.44. The lowest BCUT2D eigenvalue weighted by Gasteiger charge is -2.38. The molecular weight excluding hydrogens is 638 g/mol. The summed E-state index contributed by atoms with van der Waals surface area (Å²) in [7, 11) is -9.56. The minimum atomic E-state index is -4.23. The first kappa shape index (κ1) is 33.8. The lowest BCUT2D eigenvalue weighted by atomic mass is 10.2. The van der Waals surface area contributed by atoms with Gasteiger partial charge in [-0.3, -0.25) is 9.63 Å². The third kappa shape index (κ3) is 8.68. The number of carbonyl (C=O) groups is 1. The number of halogens is 1. The molecule has 0 unspecified atom stereocenters. The second kappa shape index (κ2) is 12.9. The van der Waals surface area contributed by atoms with Gasteiger partial charge >= 0.3 is 0 Å². The Morgan fingerprint density at radius 1 is 1.05 bits per heavy atom. The Labute approximate surface area is 250 Å². The van der Waals surface area contributed by atoms with Gasteiger partial charge in [-0.15, -0.1) is 11.3 Å². The molecule has 2 aromatic rings. The highest BCUT2D eigenvalue weighted by molar-refractivity contribution is 7.91. The number of carbonyl (C=O) groups excluding carboxylic acids is 1. The standard InChI is InChI=1S/C23H34ClN5O8S4/c1-23(2,3)37-26-22(30)19-16-28(39(31,32)15-12-25-41(35,36)27(4)5)13-14-29(19)40(33,34)21-11-10-20(38-21)17-6-8-18(24)9-7-17/h6-11,19,25H,12-16H2,1-5H3,(H,26,30)/t19-/m1/s1. The van der Waals surface area contributed by atoms with Crippen LogP contribution in [0.1, 0.15) is 20.8 Å². The van der Waals surface area contributed by atoms with E-state index < -0.39 is 66.6 Å². The number of hydroxylamine groups is 1. The highest BCUT2D eigenvalue weighted by Crippen LogP contribution is 2.34. The van der Waals surface area contributed by atoms with Gasteiger partial charge in [-0.05, 0) is 50.6 Å². The van der Waals surface area contributed by atoms with Crippen molar-refractivity contribution in [2.45, 2.75) is 36.6 Å². The lowest BCUT2D eigenvalue weighted by Crippen LogP contribution is -2.62. The molecule has 41 heavy (non-hydrogen) atoms. The van der Waals surface area contributed by atoms with Crippen molar-refractivity contribution in [3.8, 4) is 10.4 Å². The second-order valence-corrected chi connectivity index (χ2v) is 18.0. The molecule has 0 spiro atoms.